The number of guanidine groups is 1. The lowest BCUT2D eigenvalue weighted by Crippen LogP contribution is -2.37. The van der Waals surface area contributed by atoms with Crippen molar-refractivity contribution in [2.45, 2.75) is 26.6 Å². The molecule has 0 bridgehead atoms. The molecule has 8 heteroatoms. The Morgan fingerprint density at radius 2 is 2.00 bits per heavy atom. The minimum absolute atomic E-state index is 0. The number of benzene rings is 1. The molecule has 0 aliphatic rings. The Kier molecular flexibility index (Phi) is 8.18. The van der Waals surface area contributed by atoms with Crippen molar-refractivity contribution in [3.05, 3.63) is 47.0 Å². The number of halogens is 2. The van der Waals surface area contributed by atoms with Gasteiger partial charge in [-0.05, 0) is 18.6 Å². The highest BCUT2D eigenvalue weighted by Gasteiger charge is 2.05. The van der Waals surface area contributed by atoms with Gasteiger partial charge in [-0.15, -0.1) is 34.2 Å². The molecule has 1 aromatic carbocycles. The Morgan fingerprint density at radius 1 is 1.27 bits per heavy atom. The Morgan fingerprint density at radius 3 is 2.68 bits per heavy atom. The van der Waals surface area contributed by atoms with Crippen LogP contribution in [0, 0.1) is 0 Å². The highest BCUT2D eigenvalue weighted by Crippen LogP contribution is 2.14. The molecule has 1 aromatic heterocycles. The van der Waals surface area contributed by atoms with Crippen LogP contribution in [0.25, 0.3) is 0 Å². The average Bonchev–Trinajstić information content (AvgIpc) is 2.96. The third kappa shape index (κ3) is 5.13. The lowest BCUT2D eigenvalue weighted by Gasteiger charge is -2.12. The van der Waals surface area contributed by atoms with Gasteiger partial charge in [-0.1, -0.05) is 29.8 Å². The smallest absolute Gasteiger partial charge is 0.191 e. The number of aromatic nitrogens is 3. The van der Waals surface area contributed by atoms with Crippen LogP contribution in [-0.2, 0) is 19.6 Å². The number of aliphatic imine (C=N–C) groups is 1. The van der Waals surface area contributed by atoms with Crippen LogP contribution in [0.1, 0.15) is 18.3 Å². The summed E-state index contributed by atoms with van der Waals surface area (Å²) in [6.45, 7) is 4.07. The zero-order chi connectivity index (χ0) is 15.1. The number of rotatable bonds is 5. The van der Waals surface area contributed by atoms with Crippen molar-refractivity contribution in [3.8, 4) is 0 Å². The van der Waals surface area contributed by atoms with Gasteiger partial charge in [0.2, 0.25) is 0 Å². The Labute approximate surface area is 152 Å². The van der Waals surface area contributed by atoms with E-state index >= 15 is 0 Å². The lowest BCUT2D eigenvalue weighted by molar-refractivity contribution is 0.670. The van der Waals surface area contributed by atoms with Gasteiger partial charge in [-0.2, -0.15) is 0 Å². The topological polar surface area (TPSA) is 67.1 Å². The standard InChI is InChI=1S/C14H19ClN6.HI/c1-3-21-10-19-20-13(21)9-18-14(16-2)17-8-11-6-4-5-7-12(11)15;/h4-7,10H,3,8-9H2,1-2H3,(H2,16,17,18);1H. The first-order valence-electron chi connectivity index (χ1n) is 6.79. The summed E-state index contributed by atoms with van der Waals surface area (Å²) < 4.78 is 1.98. The molecule has 0 aliphatic carbocycles. The molecule has 0 saturated heterocycles. The predicted octanol–water partition coefficient (Wildman–Crippen LogP) is 2.43. The summed E-state index contributed by atoms with van der Waals surface area (Å²) in [5, 5.41) is 15.1. The number of nitrogens with zero attached hydrogens (tertiary/aromatic N) is 4. The monoisotopic (exact) mass is 434 g/mol. The largest absolute Gasteiger partial charge is 0.352 e. The van der Waals surface area contributed by atoms with Crippen LogP contribution in [0.4, 0.5) is 0 Å². The van der Waals surface area contributed by atoms with Crippen molar-refractivity contribution in [2.75, 3.05) is 7.05 Å². The van der Waals surface area contributed by atoms with Crippen molar-refractivity contribution in [3.63, 3.8) is 0 Å². The summed E-state index contributed by atoms with van der Waals surface area (Å²) in [5.74, 6) is 1.57. The first-order chi connectivity index (χ1) is 10.2. The second-order valence-corrected chi connectivity index (χ2v) is 4.81. The highest BCUT2D eigenvalue weighted by molar-refractivity contribution is 14.0. The van der Waals surface area contributed by atoms with E-state index < -0.39 is 0 Å². The molecule has 2 N–H and O–H groups in total. The fourth-order valence-electron chi connectivity index (χ4n) is 1.88. The molecule has 0 atom stereocenters. The maximum atomic E-state index is 6.13. The van der Waals surface area contributed by atoms with E-state index in [1.807, 2.05) is 28.8 Å². The lowest BCUT2D eigenvalue weighted by atomic mass is 10.2. The summed E-state index contributed by atoms with van der Waals surface area (Å²) in [6.07, 6.45) is 1.72. The van der Waals surface area contributed by atoms with Gasteiger partial charge in [-0.3, -0.25) is 4.99 Å². The maximum Gasteiger partial charge on any atom is 0.191 e. The SMILES string of the molecule is CCn1cnnc1CNC(=NC)NCc1ccccc1Cl.I. The first kappa shape index (κ1) is 18.7. The second kappa shape index (κ2) is 9.62. The van der Waals surface area contributed by atoms with Crippen molar-refractivity contribution in [2.24, 2.45) is 4.99 Å². The van der Waals surface area contributed by atoms with Crippen molar-refractivity contribution in [1.82, 2.24) is 25.4 Å². The first-order valence-corrected chi connectivity index (χ1v) is 7.17. The minimum atomic E-state index is 0. The Balaban J connectivity index is 0.00000242. The predicted molar refractivity (Wildman–Crippen MR) is 99.6 cm³/mol. The van der Waals surface area contributed by atoms with Crippen LogP contribution in [-0.4, -0.2) is 27.8 Å². The summed E-state index contributed by atoms with van der Waals surface area (Å²) in [5.41, 5.74) is 1.03. The fraction of sp³-hybridized carbons (Fsp3) is 0.357. The molecule has 0 amide bonds. The molecule has 0 saturated carbocycles. The van der Waals surface area contributed by atoms with E-state index in [0.717, 1.165) is 23.0 Å². The van der Waals surface area contributed by atoms with E-state index in [1.54, 1.807) is 13.4 Å². The molecular weight excluding hydrogens is 415 g/mol. The molecule has 2 aromatic rings. The van der Waals surface area contributed by atoms with Crippen LogP contribution >= 0.6 is 35.6 Å². The highest BCUT2D eigenvalue weighted by atomic mass is 127. The number of nitrogens with one attached hydrogen (secondary N) is 2. The van der Waals surface area contributed by atoms with Gasteiger partial charge >= 0.3 is 0 Å². The second-order valence-electron chi connectivity index (χ2n) is 4.40. The van der Waals surface area contributed by atoms with Gasteiger partial charge in [0.15, 0.2) is 11.8 Å². The summed E-state index contributed by atoms with van der Waals surface area (Å²) in [4.78, 5) is 4.18. The number of hydrogen-bond acceptors (Lipinski definition) is 3. The molecule has 22 heavy (non-hydrogen) atoms. The molecular formula is C14H20ClIN6. The quantitative estimate of drug-likeness (QED) is 0.431. The van der Waals surface area contributed by atoms with E-state index in [2.05, 4.69) is 32.7 Å². The van der Waals surface area contributed by atoms with E-state index in [9.17, 15) is 0 Å². The third-order valence-electron chi connectivity index (χ3n) is 3.08. The van der Waals surface area contributed by atoms with Gasteiger partial charge in [-0.25, -0.2) is 0 Å². The van der Waals surface area contributed by atoms with Gasteiger partial charge in [0, 0.05) is 25.2 Å². The van der Waals surface area contributed by atoms with Gasteiger partial charge < -0.3 is 15.2 Å². The molecule has 2 rings (SSSR count). The van der Waals surface area contributed by atoms with Crippen molar-refractivity contribution in [1.29, 1.82) is 0 Å². The van der Waals surface area contributed by atoms with Crippen molar-refractivity contribution < 1.29 is 0 Å². The van der Waals surface area contributed by atoms with Crippen LogP contribution in [0.2, 0.25) is 5.02 Å². The van der Waals surface area contributed by atoms with Gasteiger partial charge in [0.05, 0.1) is 6.54 Å². The van der Waals surface area contributed by atoms with Crippen molar-refractivity contribution >= 4 is 41.5 Å². The fourth-order valence-corrected chi connectivity index (χ4v) is 2.09. The third-order valence-corrected chi connectivity index (χ3v) is 3.45. The summed E-state index contributed by atoms with van der Waals surface area (Å²) in [7, 11) is 1.73. The van der Waals surface area contributed by atoms with Crippen LogP contribution in [0.3, 0.4) is 0 Å². The zero-order valence-electron chi connectivity index (χ0n) is 12.6. The van der Waals surface area contributed by atoms with Gasteiger partial charge in [0.1, 0.15) is 6.33 Å². The minimum Gasteiger partial charge on any atom is -0.352 e. The van der Waals surface area contributed by atoms with E-state index in [-0.39, 0.29) is 24.0 Å². The molecule has 0 radical (unpaired) electrons. The van der Waals surface area contributed by atoms with E-state index in [0.29, 0.717) is 19.0 Å². The molecule has 120 valence electrons. The Hall–Kier alpha value is -1.35. The van der Waals surface area contributed by atoms with Gasteiger partial charge in [0.25, 0.3) is 0 Å². The summed E-state index contributed by atoms with van der Waals surface area (Å²) >= 11 is 6.13. The normalized spacial score (nSPS) is 11.0. The molecule has 6 nitrogen and oxygen atoms in total. The Bertz CT molecular complexity index is 613. The molecule has 0 unspecified atom stereocenters. The van der Waals surface area contributed by atoms with Crippen LogP contribution in [0.15, 0.2) is 35.6 Å². The summed E-state index contributed by atoms with van der Waals surface area (Å²) in [6, 6.07) is 7.73. The molecule has 0 fully saturated rings. The molecule has 0 aliphatic heterocycles. The number of aryl methyl sites for hydroxylation is 1. The van der Waals surface area contributed by atoms with Crippen LogP contribution in [0.5, 0.6) is 0 Å². The van der Waals surface area contributed by atoms with Crippen LogP contribution < -0.4 is 10.6 Å². The van der Waals surface area contributed by atoms with E-state index in [1.165, 1.54) is 0 Å². The molecule has 1 heterocycles. The molecule has 0 spiro atoms. The zero-order valence-corrected chi connectivity index (χ0v) is 15.7. The number of hydrogen-bond donors (Lipinski definition) is 2. The average molecular weight is 435 g/mol. The van der Waals surface area contributed by atoms with E-state index in [4.69, 9.17) is 11.6 Å². The maximum absolute atomic E-state index is 6.13.